The molecule has 2 rings (SSSR count). The predicted octanol–water partition coefficient (Wildman–Crippen LogP) is 1.89. The number of amides is 1. The van der Waals surface area contributed by atoms with Crippen LogP contribution in [0.3, 0.4) is 0 Å². The number of halogens is 1. The Labute approximate surface area is 117 Å². The van der Waals surface area contributed by atoms with E-state index in [2.05, 4.69) is 0 Å². The van der Waals surface area contributed by atoms with Crippen LogP contribution in [0.5, 0.6) is 0 Å². The van der Waals surface area contributed by atoms with Crippen molar-refractivity contribution in [1.82, 2.24) is 4.90 Å². The molecule has 19 heavy (non-hydrogen) atoms. The van der Waals surface area contributed by atoms with Crippen LogP contribution in [-0.2, 0) is 11.2 Å². The molecule has 1 heterocycles. The Morgan fingerprint density at radius 1 is 1.47 bits per heavy atom. The molecular formula is C14H17FN2OS. The van der Waals surface area contributed by atoms with Crippen molar-refractivity contribution in [2.75, 3.05) is 13.1 Å². The first kappa shape index (κ1) is 13.9. The number of carbonyl (C=O) groups excluding carboxylic acids is 1. The number of rotatable bonds is 3. The standard InChI is InChI=1S/C14H17FN2OS/c15-12-6-2-1-4-10(12)8-13(18)17-7-3-5-11(9-17)14(16)19/h1-2,4,6,11H,3,5,7-9H2,(H2,16,19). The summed E-state index contributed by atoms with van der Waals surface area (Å²) in [5.74, 6) is -0.307. The van der Waals surface area contributed by atoms with Crippen molar-refractivity contribution in [2.24, 2.45) is 11.7 Å². The summed E-state index contributed by atoms with van der Waals surface area (Å²) in [6.07, 6.45) is 1.92. The van der Waals surface area contributed by atoms with E-state index in [1.165, 1.54) is 6.07 Å². The van der Waals surface area contributed by atoms with Gasteiger partial charge in [-0.1, -0.05) is 30.4 Å². The van der Waals surface area contributed by atoms with Crippen molar-refractivity contribution >= 4 is 23.1 Å². The Hall–Kier alpha value is -1.49. The lowest BCUT2D eigenvalue weighted by Gasteiger charge is -2.32. The molecule has 0 radical (unpaired) electrons. The summed E-state index contributed by atoms with van der Waals surface area (Å²) in [6, 6.07) is 6.37. The highest BCUT2D eigenvalue weighted by molar-refractivity contribution is 7.80. The first-order valence-corrected chi connectivity index (χ1v) is 6.79. The van der Waals surface area contributed by atoms with Crippen molar-refractivity contribution < 1.29 is 9.18 Å². The van der Waals surface area contributed by atoms with Gasteiger partial charge in [-0.2, -0.15) is 0 Å². The minimum atomic E-state index is -0.334. The molecule has 1 aliphatic heterocycles. The van der Waals surface area contributed by atoms with Gasteiger partial charge < -0.3 is 10.6 Å². The molecule has 1 saturated heterocycles. The molecule has 1 aliphatic rings. The van der Waals surface area contributed by atoms with E-state index in [0.29, 0.717) is 23.6 Å². The number of piperidine rings is 1. The zero-order valence-electron chi connectivity index (χ0n) is 10.6. The third kappa shape index (κ3) is 3.50. The number of likely N-dealkylation sites (tertiary alicyclic amines) is 1. The van der Waals surface area contributed by atoms with Gasteiger partial charge in [0.1, 0.15) is 5.82 Å². The Morgan fingerprint density at radius 2 is 2.21 bits per heavy atom. The van der Waals surface area contributed by atoms with Gasteiger partial charge in [-0.05, 0) is 24.5 Å². The molecule has 2 N–H and O–H groups in total. The van der Waals surface area contributed by atoms with Crippen molar-refractivity contribution in [2.45, 2.75) is 19.3 Å². The molecule has 0 saturated carbocycles. The lowest BCUT2D eigenvalue weighted by molar-refractivity contribution is -0.131. The summed E-state index contributed by atoms with van der Waals surface area (Å²) in [6.45, 7) is 1.26. The zero-order valence-corrected chi connectivity index (χ0v) is 11.5. The van der Waals surface area contributed by atoms with E-state index in [4.69, 9.17) is 18.0 Å². The maximum absolute atomic E-state index is 13.5. The van der Waals surface area contributed by atoms with Crippen LogP contribution in [0.4, 0.5) is 4.39 Å². The fourth-order valence-corrected chi connectivity index (χ4v) is 2.54. The van der Waals surface area contributed by atoms with Crippen molar-refractivity contribution in [3.63, 3.8) is 0 Å². The molecule has 0 aromatic heterocycles. The van der Waals surface area contributed by atoms with Gasteiger partial charge in [0.25, 0.3) is 0 Å². The van der Waals surface area contributed by atoms with Gasteiger partial charge in [0.05, 0.1) is 11.4 Å². The van der Waals surface area contributed by atoms with Crippen LogP contribution in [0.25, 0.3) is 0 Å². The van der Waals surface area contributed by atoms with Crippen LogP contribution in [0.15, 0.2) is 24.3 Å². The first-order chi connectivity index (χ1) is 9.08. The second kappa shape index (κ2) is 6.10. The van der Waals surface area contributed by atoms with Gasteiger partial charge in [-0.15, -0.1) is 0 Å². The van der Waals surface area contributed by atoms with Crippen LogP contribution in [-0.4, -0.2) is 28.9 Å². The topological polar surface area (TPSA) is 46.3 Å². The number of hydrogen-bond donors (Lipinski definition) is 1. The minimum Gasteiger partial charge on any atom is -0.393 e. The first-order valence-electron chi connectivity index (χ1n) is 6.38. The predicted molar refractivity (Wildman–Crippen MR) is 76.2 cm³/mol. The summed E-state index contributed by atoms with van der Waals surface area (Å²) < 4.78 is 13.5. The van der Waals surface area contributed by atoms with E-state index in [-0.39, 0.29) is 24.1 Å². The van der Waals surface area contributed by atoms with Crippen molar-refractivity contribution in [1.29, 1.82) is 0 Å². The molecular weight excluding hydrogens is 263 g/mol. The molecule has 1 fully saturated rings. The maximum atomic E-state index is 13.5. The molecule has 5 heteroatoms. The monoisotopic (exact) mass is 280 g/mol. The summed E-state index contributed by atoms with van der Waals surface area (Å²) in [7, 11) is 0. The molecule has 0 bridgehead atoms. The fourth-order valence-electron chi connectivity index (χ4n) is 2.35. The van der Waals surface area contributed by atoms with Gasteiger partial charge in [-0.3, -0.25) is 4.79 Å². The van der Waals surface area contributed by atoms with E-state index in [1.54, 1.807) is 23.1 Å². The molecule has 3 nitrogen and oxygen atoms in total. The molecule has 1 aromatic carbocycles. The van der Waals surface area contributed by atoms with Gasteiger partial charge in [0.2, 0.25) is 5.91 Å². The SMILES string of the molecule is NC(=S)C1CCCN(C(=O)Cc2ccccc2F)C1. The van der Waals surface area contributed by atoms with Gasteiger partial charge in [0.15, 0.2) is 0 Å². The highest BCUT2D eigenvalue weighted by atomic mass is 32.1. The fraction of sp³-hybridized carbons (Fsp3) is 0.429. The number of hydrogen-bond acceptors (Lipinski definition) is 2. The van der Waals surface area contributed by atoms with E-state index in [0.717, 1.165) is 12.8 Å². The lowest BCUT2D eigenvalue weighted by Crippen LogP contribution is -2.44. The van der Waals surface area contributed by atoms with Gasteiger partial charge >= 0.3 is 0 Å². The Bertz CT molecular complexity index is 492. The maximum Gasteiger partial charge on any atom is 0.227 e. The van der Waals surface area contributed by atoms with Gasteiger partial charge in [0, 0.05) is 19.0 Å². The molecule has 102 valence electrons. The zero-order chi connectivity index (χ0) is 13.8. The number of thiocarbonyl (C=S) groups is 1. The third-order valence-corrected chi connectivity index (χ3v) is 3.81. The summed E-state index contributed by atoms with van der Waals surface area (Å²) in [4.78, 5) is 14.4. The third-order valence-electron chi connectivity index (χ3n) is 3.48. The number of carbonyl (C=O) groups is 1. The van der Waals surface area contributed by atoms with Gasteiger partial charge in [-0.25, -0.2) is 4.39 Å². The Kier molecular flexibility index (Phi) is 4.47. The second-order valence-electron chi connectivity index (χ2n) is 4.85. The van der Waals surface area contributed by atoms with E-state index >= 15 is 0 Å². The number of nitrogens with two attached hydrogens (primary N) is 1. The van der Waals surface area contributed by atoms with E-state index in [1.807, 2.05) is 0 Å². The molecule has 0 aliphatic carbocycles. The van der Waals surface area contributed by atoms with E-state index < -0.39 is 0 Å². The van der Waals surface area contributed by atoms with Crippen molar-refractivity contribution in [3.05, 3.63) is 35.6 Å². The highest BCUT2D eigenvalue weighted by Gasteiger charge is 2.25. The van der Waals surface area contributed by atoms with Crippen LogP contribution >= 0.6 is 12.2 Å². The molecule has 1 unspecified atom stereocenters. The Balaban J connectivity index is 2.00. The average Bonchev–Trinajstić information content (AvgIpc) is 2.41. The number of nitrogens with zero attached hydrogens (tertiary/aromatic N) is 1. The molecule has 1 aromatic rings. The smallest absolute Gasteiger partial charge is 0.227 e. The lowest BCUT2D eigenvalue weighted by atomic mass is 9.97. The van der Waals surface area contributed by atoms with Crippen LogP contribution < -0.4 is 5.73 Å². The van der Waals surface area contributed by atoms with Crippen molar-refractivity contribution in [3.8, 4) is 0 Å². The normalized spacial score (nSPS) is 19.2. The summed E-state index contributed by atoms with van der Waals surface area (Å²) >= 11 is 4.99. The molecule has 0 spiro atoms. The summed E-state index contributed by atoms with van der Waals surface area (Å²) in [5.41, 5.74) is 6.07. The quantitative estimate of drug-likeness (QED) is 0.860. The minimum absolute atomic E-state index is 0.0638. The van der Waals surface area contributed by atoms with Crippen LogP contribution in [0.1, 0.15) is 18.4 Å². The van der Waals surface area contributed by atoms with Crippen LogP contribution in [0, 0.1) is 11.7 Å². The highest BCUT2D eigenvalue weighted by Crippen LogP contribution is 2.18. The summed E-state index contributed by atoms with van der Waals surface area (Å²) in [5, 5.41) is 0. The van der Waals surface area contributed by atoms with Crippen LogP contribution in [0.2, 0.25) is 0 Å². The largest absolute Gasteiger partial charge is 0.393 e. The molecule has 1 amide bonds. The molecule has 1 atom stereocenters. The average molecular weight is 280 g/mol. The second-order valence-corrected chi connectivity index (χ2v) is 5.32. The Morgan fingerprint density at radius 3 is 2.89 bits per heavy atom. The van der Waals surface area contributed by atoms with E-state index in [9.17, 15) is 9.18 Å². The number of benzene rings is 1.